The van der Waals surface area contributed by atoms with Crippen LogP contribution < -0.4 is 0 Å². The molecule has 0 fully saturated rings. The normalized spacial score (nSPS) is 20.4. The van der Waals surface area contributed by atoms with Gasteiger partial charge in [0.05, 0.1) is 13.2 Å². The Bertz CT molecular complexity index is 308. The number of hydrogen-bond donors (Lipinski definition) is 7. The molecule has 0 unspecified atom stereocenters. The Kier molecular flexibility index (Phi) is 8.41. The number of carbonyl (C=O) groups is 2. The molecule has 0 rings (SSSR count). The molecule has 0 aromatic rings. The molecule has 0 aliphatic rings. The van der Waals surface area contributed by atoms with Gasteiger partial charge in [0.15, 0.2) is 18.5 Å². The molecule has 0 aliphatic heterocycles. The second-order valence-corrected chi connectivity index (χ2v) is 3.96. The number of aliphatic hydroxyl groups is 7. The molecule has 0 aliphatic carbocycles. The zero-order valence-corrected chi connectivity index (χ0v) is 10.3. The number of carbonyl (C=O) groups excluding carboxylic acids is 2. The minimum Gasteiger partial charge on any atom is -0.450 e. The van der Waals surface area contributed by atoms with Gasteiger partial charge in [-0.15, -0.1) is 0 Å². The second-order valence-electron chi connectivity index (χ2n) is 3.96. The highest BCUT2D eigenvalue weighted by molar-refractivity contribution is 5.77. The summed E-state index contributed by atoms with van der Waals surface area (Å²) < 4.78 is 4.32. The summed E-state index contributed by atoms with van der Waals surface area (Å²) in [5, 5.41) is 63.2. The third-order valence-corrected chi connectivity index (χ3v) is 2.45. The fraction of sp³-hybridized carbons (Fsp3) is 0.800. The molecular formula is C10H18O10. The number of rotatable bonds is 9. The van der Waals surface area contributed by atoms with Crippen molar-refractivity contribution in [2.75, 3.05) is 13.2 Å². The topological polar surface area (TPSA) is 185 Å². The van der Waals surface area contributed by atoms with Crippen molar-refractivity contribution >= 4 is 12.3 Å². The monoisotopic (exact) mass is 298 g/mol. The fourth-order valence-corrected chi connectivity index (χ4v) is 1.17. The van der Waals surface area contributed by atoms with Crippen LogP contribution in [0.4, 0.5) is 0 Å². The third-order valence-electron chi connectivity index (χ3n) is 2.45. The van der Waals surface area contributed by atoms with Crippen LogP contribution in [0.25, 0.3) is 0 Å². The van der Waals surface area contributed by atoms with Gasteiger partial charge in [0, 0.05) is 0 Å². The van der Waals surface area contributed by atoms with Gasteiger partial charge < -0.3 is 40.5 Å². The van der Waals surface area contributed by atoms with E-state index >= 15 is 0 Å². The number of esters is 1. The van der Waals surface area contributed by atoms with Crippen molar-refractivity contribution in [3.8, 4) is 0 Å². The summed E-state index contributed by atoms with van der Waals surface area (Å²) in [4.78, 5) is 21.9. The van der Waals surface area contributed by atoms with Gasteiger partial charge in [0.1, 0.15) is 24.4 Å². The van der Waals surface area contributed by atoms with Crippen LogP contribution in [0.5, 0.6) is 0 Å². The maximum Gasteiger partial charge on any atom is 0.338 e. The average Bonchev–Trinajstić information content (AvgIpc) is 2.48. The van der Waals surface area contributed by atoms with E-state index in [1.54, 1.807) is 0 Å². The summed E-state index contributed by atoms with van der Waals surface area (Å²) >= 11 is 0. The molecule has 0 spiro atoms. The molecule has 0 aromatic heterocycles. The van der Waals surface area contributed by atoms with E-state index in [1.807, 2.05) is 0 Å². The maximum absolute atomic E-state index is 11.4. The molecule has 0 saturated heterocycles. The predicted molar refractivity (Wildman–Crippen MR) is 60.1 cm³/mol. The van der Waals surface area contributed by atoms with Crippen molar-refractivity contribution in [2.24, 2.45) is 0 Å². The molecule has 6 atom stereocenters. The van der Waals surface area contributed by atoms with E-state index in [1.165, 1.54) is 0 Å². The van der Waals surface area contributed by atoms with Crippen molar-refractivity contribution in [3.63, 3.8) is 0 Å². The van der Waals surface area contributed by atoms with E-state index in [9.17, 15) is 24.9 Å². The number of aldehydes is 1. The van der Waals surface area contributed by atoms with Crippen molar-refractivity contribution < 1.29 is 50.1 Å². The first-order valence-corrected chi connectivity index (χ1v) is 5.57. The molecule has 0 bridgehead atoms. The minimum absolute atomic E-state index is 0.00309. The van der Waals surface area contributed by atoms with Crippen LogP contribution in [0.3, 0.4) is 0 Å². The van der Waals surface area contributed by atoms with Crippen LogP contribution in [0.1, 0.15) is 0 Å². The summed E-state index contributed by atoms with van der Waals surface area (Å²) in [6.45, 7) is -1.82. The lowest BCUT2D eigenvalue weighted by Gasteiger charge is -2.25. The highest BCUT2D eigenvalue weighted by Crippen LogP contribution is 2.08. The van der Waals surface area contributed by atoms with E-state index in [0.29, 0.717) is 0 Å². The first-order chi connectivity index (χ1) is 9.29. The summed E-state index contributed by atoms with van der Waals surface area (Å²) in [5.74, 6) is -1.56. The zero-order chi connectivity index (χ0) is 15.9. The first-order valence-electron chi connectivity index (χ1n) is 5.57. The molecule has 0 heterocycles. The quantitative estimate of drug-likeness (QED) is 0.160. The summed E-state index contributed by atoms with van der Waals surface area (Å²) in [5.41, 5.74) is 0. The zero-order valence-electron chi connectivity index (χ0n) is 10.3. The lowest BCUT2D eigenvalue weighted by Crippen LogP contribution is -2.50. The number of ether oxygens (including phenoxy) is 1. The highest BCUT2D eigenvalue weighted by atomic mass is 16.6. The molecule has 10 nitrogen and oxygen atoms in total. The van der Waals surface area contributed by atoms with Gasteiger partial charge in [-0.2, -0.15) is 0 Å². The third kappa shape index (κ3) is 5.09. The maximum atomic E-state index is 11.4. The molecule has 0 amide bonds. The van der Waals surface area contributed by atoms with Crippen LogP contribution in [-0.4, -0.2) is 97.8 Å². The Morgan fingerprint density at radius 3 is 1.85 bits per heavy atom. The Hall–Kier alpha value is -1.14. The van der Waals surface area contributed by atoms with E-state index in [0.717, 1.165) is 0 Å². The highest BCUT2D eigenvalue weighted by Gasteiger charge is 2.36. The molecule has 0 aromatic carbocycles. The summed E-state index contributed by atoms with van der Waals surface area (Å²) in [6, 6.07) is 0. The van der Waals surface area contributed by atoms with E-state index in [-0.39, 0.29) is 6.29 Å². The number of hydrogen-bond acceptors (Lipinski definition) is 10. The standard InChI is InChI=1S/C10H18O10/c11-1-4(14)6(3-13)20-10(19)9(18)8(17)7(16)5(15)2-12/h3-9,11-12,14-18H,1-2H2/t4-,5-,6+,7-,8+,9-/m1/s1. The molecule has 20 heavy (non-hydrogen) atoms. The molecule has 0 radical (unpaired) electrons. The van der Waals surface area contributed by atoms with Crippen molar-refractivity contribution in [1.82, 2.24) is 0 Å². The van der Waals surface area contributed by atoms with Gasteiger partial charge in [-0.05, 0) is 0 Å². The largest absolute Gasteiger partial charge is 0.450 e. The Balaban J connectivity index is 4.64. The minimum atomic E-state index is -2.33. The van der Waals surface area contributed by atoms with Gasteiger partial charge in [-0.25, -0.2) is 4.79 Å². The Labute approximate surface area is 113 Å². The molecule has 118 valence electrons. The van der Waals surface area contributed by atoms with Crippen LogP contribution in [0.15, 0.2) is 0 Å². The van der Waals surface area contributed by atoms with Crippen LogP contribution >= 0.6 is 0 Å². The van der Waals surface area contributed by atoms with Crippen molar-refractivity contribution in [2.45, 2.75) is 36.6 Å². The van der Waals surface area contributed by atoms with E-state index in [2.05, 4.69) is 4.74 Å². The summed E-state index contributed by atoms with van der Waals surface area (Å²) in [7, 11) is 0. The van der Waals surface area contributed by atoms with Gasteiger partial charge in [0.2, 0.25) is 0 Å². The SMILES string of the molecule is O=C[C@H](OC(=O)[C@H](O)[C@@H](O)[C@H](O)[C@H](O)CO)[C@H](O)CO. The Morgan fingerprint density at radius 2 is 1.45 bits per heavy atom. The smallest absolute Gasteiger partial charge is 0.338 e. The second kappa shape index (κ2) is 8.92. The summed E-state index contributed by atoms with van der Waals surface area (Å²) in [6.07, 6.45) is -11.9. The van der Waals surface area contributed by atoms with Gasteiger partial charge >= 0.3 is 5.97 Å². The van der Waals surface area contributed by atoms with Crippen LogP contribution in [0, 0.1) is 0 Å². The van der Waals surface area contributed by atoms with E-state index in [4.69, 9.17) is 20.4 Å². The van der Waals surface area contributed by atoms with Crippen molar-refractivity contribution in [1.29, 1.82) is 0 Å². The van der Waals surface area contributed by atoms with Crippen LogP contribution in [0.2, 0.25) is 0 Å². The van der Waals surface area contributed by atoms with Crippen LogP contribution in [-0.2, 0) is 14.3 Å². The molecule has 10 heteroatoms. The molecule has 7 N–H and O–H groups in total. The molecule has 0 saturated carbocycles. The average molecular weight is 298 g/mol. The fourth-order valence-electron chi connectivity index (χ4n) is 1.17. The predicted octanol–water partition coefficient (Wildman–Crippen LogP) is -5.11. The van der Waals surface area contributed by atoms with Gasteiger partial charge in [0.25, 0.3) is 0 Å². The Morgan fingerprint density at radius 1 is 0.950 bits per heavy atom. The van der Waals surface area contributed by atoms with Gasteiger partial charge in [-0.1, -0.05) is 0 Å². The lowest BCUT2D eigenvalue weighted by atomic mass is 10.0. The van der Waals surface area contributed by atoms with E-state index < -0.39 is 55.8 Å². The first kappa shape index (κ1) is 18.9. The van der Waals surface area contributed by atoms with Crippen molar-refractivity contribution in [3.05, 3.63) is 0 Å². The van der Waals surface area contributed by atoms with Gasteiger partial charge in [-0.3, -0.25) is 4.79 Å². The molecular weight excluding hydrogens is 280 g/mol. The number of aliphatic hydroxyl groups excluding tert-OH is 7. The lowest BCUT2D eigenvalue weighted by molar-refractivity contribution is -0.181.